The molecule has 0 fully saturated rings. The maximum Gasteiger partial charge on any atom is 0.228 e. The molecule has 1 aromatic rings. The van der Waals surface area contributed by atoms with Crippen LogP contribution in [0.15, 0.2) is 12.1 Å². The number of fused-ring (bicyclic) bond motifs is 1. The van der Waals surface area contributed by atoms with Gasteiger partial charge in [0, 0.05) is 16.3 Å². The second kappa shape index (κ2) is 2.49. The molecule has 62 valence electrons. The molecule has 0 atom stereocenters. The molecule has 0 unspecified atom stereocenters. The lowest BCUT2D eigenvalue weighted by Gasteiger charge is -2.03. The smallest absolute Gasteiger partial charge is 0.228 e. The Morgan fingerprint density at radius 2 is 2.25 bits per heavy atom. The van der Waals surface area contributed by atoms with Crippen LogP contribution in [0.5, 0.6) is 0 Å². The Hall–Kier alpha value is -1.02. The van der Waals surface area contributed by atoms with Gasteiger partial charge in [-0.1, -0.05) is 17.7 Å². The number of rotatable bonds is 0. The maximum absolute atomic E-state index is 11.0. The van der Waals surface area contributed by atoms with E-state index in [4.69, 9.17) is 11.6 Å². The van der Waals surface area contributed by atoms with Gasteiger partial charge in [-0.25, -0.2) is 0 Å². The van der Waals surface area contributed by atoms with Gasteiger partial charge in [-0.05, 0) is 18.6 Å². The third kappa shape index (κ3) is 0.994. The van der Waals surface area contributed by atoms with Gasteiger partial charge in [0.15, 0.2) is 0 Å². The van der Waals surface area contributed by atoms with Gasteiger partial charge in [-0.2, -0.15) is 0 Å². The monoisotopic (exact) mass is 181 g/mol. The van der Waals surface area contributed by atoms with E-state index in [1.54, 1.807) is 0 Å². The first-order valence-electron chi connectivity index (χ1n) is 3.76. The molecule has 3 heteroatoms. The van der Waals surface area contributed by atoms with Crippen LogP contribution in [0, 0.1) is 6.92 Å². The summed E-state index contributed by atoms with van der Waals surface area (Å²) in [7, 11) is 0. The van der Waals surface area contributed by atoms with Crippen molar-refractivity contribution < 1.29 is 4.79 Å². The molecule has 0 saturated carbocycles. The molecule has 1 aromatic carbocycles. The van der Waals surface area contributed by atoms with Crippen molar-refractivity contribution in [3.05, 3.63) is 28.3 Å². The molecule has 0 radical (unpaired) electrons. The first-order valence-corrected chi connectivity index (χ1v) is 4.14. The summed E-state index contributed by atoms with van der Waals surface area (Å²) in [4.78, 5) is 11.0. The zero-order chi connectivity index (χ0) is 8.72. The average Bonchev–Trinajstić information content (AvgIpc) is 2.41. The topological polar surface area (TPSA) is 29.1 Å². The van der Waals surface area contributed by atoms with Crippen LogP contribution in [0.25, 0.3) is 0 Å². The Bertz CT molecular complexity index is 327. The van der Waals surface area contributed by atoms with E-state index in [1.807, 2.05) is 19.1 Å². The molecule has 0 bridgehead atoms. The summed E-state index contributed by atoms with van der Waals surface area (Å²) in [5.74, 6) is 0.0289. The largest absolute Gasteiger partial charge is 0.325 e. The van der Waals surface area contributed by atoms with Gasteiger partial charge in [0.25, 0.3) is 0 Å². The van der Waals surface area contributed by atoms with Gasteiger partial charge in [0.05, 0.1) is 6.42 Å². The van der Waals surface area contributed by atoms with E-state index >= 15 is 0 Å². The van der Waals surface area contributed by atoms with Crippen LogP contribution in [-0.2, 0) is 11.2 Å². The minimum absolute atomic E-state index is 0.0289. The number of benzene rings is 1. The molecule has 0 spiro atoms. The van der Waals surface area contributed by atoms with Crippen LogP contribution in [0.1, 0.15) is 11.1 Å². The molecule has 2 nitrogen and oxygen atoms in total. The van der Waals surface area contributed by atoms with Crippen LogP contribution in [0.2, 0.25) is 5.02 Å². The van der Waals surface area contributed by atoms with E-state index in [0.717, 1.165) is 16.8 Å². The number of nitrogens with one attached hydrogen (secondary N) is 1. The average molecular weight is 182 g/mol. The summed E-state index contributed by atoms with van der Waals surface area (Å²) in [6.45, 7) is 1.96. The van der Waals surface area contributed by atoms with E-state index in [9.17, 15) is 4.79 Å². The lowest BCUT2D eigenvalue weighted by atomic mass is 10.1. The standard InChI is InChI=1S/C9H8ClNO/c1-5-2-3-7(10)6-4-8(12)11-9(5)6/h2-3H,4H2,1H3,(H,11,12). The molecule has 1 N–H and O–H groups in total. The van der Waals surface area contributed by atoms with E-state index in [0.29, 0.717) is 11.4 Å². The van der Waals surface area contributed by atoms with Gasteiger partial charge < -0.3 is 5.32 Å². The normalized spacial score (nSPS) is 14.3. The van der Waals surface area contributed by atoms with Crippen molar-refractivity contribution in [2.45, 2.75) is 13.3 Å². The Morgan fingerprint density at radius 3 is 2.92 bits per heavy atom. The number of carbonyl (C=O) groups excluding carboxylic acids is 1. The van der Waals surface area contributed by atoms with E-state index in [1.165, 1.54) is 0 Å². The van der Waals surface area contributed by atoms with Crippen LogP contribution in [0.4, 0.5) is 5.69 Å². The SMILES string of the molecule is Cc1ccc(Cl)c2c1NC(=O)C2. The highest BCUT2D eigenvalue weighted by Crippen LogP contribution is 2.32. The second-order valence-electron chi connectivity index (χ2n) is 2.94. The molecular weight excluding hydrogens is 174 g/mol. The summed E-state index contributed by atoms with van der Waals surface area (Å²) in [6, 6.07) is 3.74. The van der Waals surface area contributed by atoms with Gasteiger partial charge in [-0.15, -0.1) is 0 Å². The van der Waals surface area contributed by atoms with E-state index in [2.05, 4.69) is 5.32 Å². The van der Waals surface area contributed by atoms with Gasteiger partial charge in [0.1, 0.15) is 0 Å². The van der Waals surface area contributed by atoms with Gasteiger partial charge >= 0.3 is 0 Å². The van der Waals surface area contributed by atoms with Crippen molar-refractivity contribution in [2.75, 3.05) is 5.32 Å². The third-order valence-electron chi connectivity index (χ3n) is 2.07. The molecule has 1 amide bonds. The maximum atomic E-state index is 11.0. The van der Waals surface area contributed by atoms with Crippen LogP contribution < -0.4 is 5.32 Å². The quantitative estimate of drug-likeness (QED) is 0.653. The van der Waals surface area contributed by atoms with Crippen molar-refractivity contribution in [1.82, 2.24) is 0 Å². The molecule has 1 aliphatic heterocycles. The molecule has 2 rings (SSSR count). The number of anilines is 1. The highest BCUT2D eigenvalue weighted by atomic mass is 35.5. The minimum atomic E-state index is 0.0289. The highest BCUT2D eigenvalue weighted by molar-refractivity contribution is 6.32. The van der Waals surface area contributed by atoms with Crippen molar-refractivity contribution in [3.8, 4) is 0 Å². The second-order valence-corrected chi connectivity index (χ2v) is 3.35. The number of amides is 1. The Kier molecular flexibility index (Phi) is 1.58. The van der Waals surface area contributed by atoms with Crippen molar-refractivity contribution in [2.24, 2.45) is 0 Å². The summed E-state index contributed by atoms with van der Waals surface area (Å²) in [5.41, 5.74) is 2.90. The first kappa shape index (κ1) is 7.62. The summed E-state index contributed by atoms with van der Waals surface area (Å²) >= 11 is 5.91. The van der Waals surface area contributed by atoms with Crippen molar-refractivity contribution >= 4 is 23.2 Å². The van der Waals surface area contributed by atoms with Gasteiger partial charge in [0.2, 0.25) is 5.91 Å². The third-order valence-corrected chi connectivity index (χ3v) is 2.42. The number of carbonyl (C=O) groups is 1. The Balaban J connectivity index is 2.64. The molecule has 0 aromatic heterocycles. The Morgan fingerprint density at radius 1 is 1.50 bits per heavy atom. The first-order chi connectivity index (χ1) is 5.68. The molecule has 12 heavy (non-hydrogen) atoms. The number of hydrogen-bond donors (Lipinski definition) is 1. The zero-order valence-corrected chi connectivity index (χ0v) is 7.40. The Labute approximate surface area is 75.5 Å². The van der Waals surface area contributed by atoms with Crippen molar-refractivity contribution in [3.63, 3.8) is 0 Å². The van der Waals surface area contributed by atoms with Crippen LogP contribution in [0.3, 0.4) is 0 Å². The van der Waals surface area contributed by atoms with Crippen LogP contribution in [-0.4, -0.2) is 5.91 Å². The number of hydrogen-bond acceptors (Lipinski definition) is 1. The zero-order valence-electron chi connectivity index (χ0n) is 6.65. The van der Waals surface area contributed by atoms with Crippen LogP contribution >= 0.6 is 11.6 Å². The van der Waals surface area contributed by atoms with Gasteiger partial charge in [-0.3, -0.25) is 4.79 Å². The predicted octanol–water partition coefficient (Wildman–Crippen LogP) is 2.14. The predicted molar refractivity (Wildman–Crippen MR) is 48.5 cm³/mol. The number of aryl methyl sites for hydroxylation is 1. The highest BCUT2D eigenvalue weighted by Gasteiger charge is 2.21. The fraction of sp³-hybridized carbons (Fsp3) is 0.222. The fourth-order valence-corrected chi connectivity index (χ4v) is 1.65. The minimum Gasteiger partial charge on any atom is -0.325 e. The lowest BCUT2D eigenvalue weighted by molar-refractivity contribution is -0.115. The van der Waals surface area contributed by atoms with E-state index in [-0.39, 0.29) is 5.91 Å². The summed E-state index contributed by atoms with van der Waals surface area (Å²) in [6.07, 6.45) is 0.413. The summed E-state index contributed by atoms with van der Waals surface area (Å²) in [5, 5.41) is 3.46. The summed E-state index contributed by atoms with van der Waals surface area (Å²) < 4.78 is 0. The molecule has 0 aliphatic carbocycles. The van der Waals surface area contributed by atoms with Crippen molar-refractivity contribution in [1.29, 1.82) is 0 Å². The molecule has 1 aliphatic rings. The number of halogens is 1. The lowest BCUT2D eigenvalue weighted by Crippen LogP contribution is -2.04. The molecule has 1 heterocycles. The fourth-order valence-electron chi connectivity index (χ4n) is 1.43. The molecular formula is C9H8ClNO. The van der Waals surface area contributed by atoms with E-state index < -0.39 is 0 Å². The molecule has 0 saturated heterocycles.